The molecule has 0 saturated carbocycles. The molecule has 0 aromatic carbocycles. The summed E-state index contributed by atoms with van der Waals surface area (Å²) >= 11 is 6.26. The molecule has 0 rings (SSSR count). The maximum atomic E-state index is 11.2. The molecule has 0 aliphatic heterocycles. The molecule has 2 unspecified atom stereocenters. The van der Waals surface area contributed by atoms with E-state index in [1.807, 2.05) is 0 Å². The van der Waals surface area contributed by atoms with Crippen LogP contribution in [0, 0.1) is 0 Å². The predicted molar refractivity (Wildman–Crippen MR) is 58.5 cm³/mol. The van der Waals surface area contributed by atoms with Crippen LogP contribution in [0.3, 0.4) is 0 Å². The highest BCUT2D eigenvalue weighted by Gasteiger charge is 2.26. The number of halogens is 2. The van der Waals surface area contributed by atoms with E-state index >= 15 is 0 Å². The normalized spacial score (nSPS) is 20.7. The molecule has 4 nitrogen and oxygen atoms in total. The predicted octanol–water partition coefficient (Wildman–Crippen LogP) is 2.69. The molecule has 0 aliphatic rings. The summed E-state index contributed by atoms with van der Waals surface area (Å²) in [5, 5.41) is 0.979. The zero-order valence-corrected chi connectivity index (χ0v) is 11.5. The fourth-order valence-electron chi connectivity index (χ4n) is 0.536. The third kappa shape index (κ3) is 7.05. The van der Waals surface area contributed by atoms with Gasteiger partial charge in [0, 0.05) is 10.7 Å². The van der Waals surface area contributed by atoms with Crippen LogP contribution in [-0.2, 0) is 13.6 Å². The summed E-state index contributed by atoms with van der Waals surface area (Å²) in [7, 11) is -3.90. The van der Waals surface area contributed by atoms with Crippen molar-refractivity contribution in [3.05, 3.63) is 0 Å². The SMILES string of the molecule is CC(CBr)OP(=O)(O)OC(C)CBr. The maximum absolute atomic E-state index is 11.2. The highest BCUT2D eigenvalue weighted by atomic mass is 79.9. The quantitative estimate of drug-likeness (QED) is 0.597. The van der Waals surface area contributed by atoms with E-state index in [-0.39, 0.29) is 12.2 Å². The summed E-state index contributed by atoms with van der Waals surface area (Å²) in [5.41, 5.74) is 0. The fraction of sp³-hybridized carbons (Fsp3) is 1.00. The van der Waals surface area contributed by atoms with Crippen LogP contribution in [0.2, 0.25) is 0 Å². The van der Waals surface area contributed by atoms with Crippen LogP contribution in [-0.4, -0.2) is 27.8 Å². The molecule has 0 aromatic rings. The van der Waals surface area contributed by atoms with Crippen LogP contribution in [0.4, 0.5) is 0 Å². The van der Waals surface area contributed by atoms with Crippen LogP contribution in [0.5, 0.6) is 0 Å². The van der Waals surface area contributed by atoms with E-state index in [2.05, 4.69) is 31.9 Å². The van der Waals surface area contributed by atoms with Gasteiger partial charge in [-0.2, -0.15) is 0 Å². The van der Waals surface area contributed by atoms with Crippen molar-refractivity contribution in [3.8, 4) is 0 Å². The van der Waals surface area contributed by atoms with Crippen molar-refractivity contribution in [1.82, 2.24) is 0 Å². The van der Waals surface area contributed by atoms with Gasteiger partial charge in [0.25, 0.3) is 0 Å². The Balaban J connectivity index is 4.00. The molecule has 0 spiro atoms. The molecule has 0 bridgehead atoms. The molecule has 0 radical (unpaired) electrons. The van der Waals surface area contributed by atoms with E-state index < -0.39 is 7.82 Å². The van der Waals surface area contributed by atoms with Crippen LogP contribution >= 0.6 is 39.7 Å². The van der Waals surface area contributed by atoms with Crippen molar-refractivity contribution in [1.29, 1.82) is 0 Å². The first-order valence-corrected chi connectivity index (χ1v) is 7.46. The molecule has 0 fully saturated rings. The van der Waals surface area contributed by atoms with Crippen LogP contribution < -0.4 is 0 Å². The second-order valence-electron chi connectivity index (χ2n) is 2.61. The molecule has 0 aromatic heterocycles. The van der Waals surface area contributed by atoms with E-state index in [9.17, 15) is 9.46 Å². The molecule has 0 saturated heterocycles. The molecule has 1 N–H and O–H groups in total. The van der Waals surface area contributed by atoms with Crippen molar-refractivity contribution in [2.45, 2.75) is 26.1 Å². The minimum Gasteiger partial charge on any atom is -0.302 e. The van der Waals surface area contributed by atoms with Crippen molar-refractivity contribution < 1.29 is 18.5 Å². The maximum Gasteiger partial charge on any atom is 0.472 e. The Bertz CT molecular complexity index is 173. The van der Waals surface area contributed by atoms with Gasteiger partial charge in [0.15, 0.2) is 0 Å². The van der Waals surface area contributed by atoms with Gasteiger partial charge in [-0.3, -0.25) is 9.05 Å². The lowest BCUT2D eigenvalue weighted by Crippen LogP contribution is -2.13. The van der Waals surface area contributed by atoms with Gasteiger partial charge in [0.05, 0.1) is 12.2 Å². The van der Waals surface area contributed by atoms with Gasteiger partial charge in [-0.1, -0.05) is 31.9 Å². The third-order valence-electron chi connectivity index (χ3n) is 1.06. The molecule has 7 heteroatoms. The Labute approximate surface area is 94.9 Å². The van der Waals surface area contributed by atoms with Gasteiger partial charge in [-0.15, -0.1) is 0 Å². The molecule has 13 heavy (non-hydrogen) atoms. The van der Waals surface area contributed by atoms with Gasteiger partial charge in [0.1, 0.15) is 0 Å². The lowest BCUT2D eigenvalue weighted by atomic mass is 10.5. The van der Waals surface area contributed by atoms with E-state index in [0.29, 0.717) is 10.7 Å². The summed E-state index contributed by atoms with van der Waals surface area (Å²) in [6.45, 7) is 3.36. The number of alkyl halides is 2. The minimum atomic E-state index is -3.90. The smallest absolute Gasteiger partial charge is 0.302 e. The number of rotatable bonds is 6. The molecule has 0 amide bonds. The highest BCUT2D eigenvalue weighted by molar-refractivity contribution is 9.09. The third-order valence-corrected chi connectivity index (χ3v) is 4.14. The summed E-state index contributed by atoms with van der Waals surface area (Å²) in [6.07, 6.45) is -0.697. The van der Waals surface area contributed by atoms with Crippen LogP contribution in [0.25, 0.3) is 0 Å². The molecule has 0 heterocycles. The van der Waals surface area contributed by atoms with E-state index in [1.54, 1.807) is 13.8 Å². The monoisotopic (exact) mass is 338 g/mol. The largest absolute Gasteiger partial charge is 0.472 e. The molecule has 2 atom stereocenters. The average molecular weight is 340 g/mol. The zero-order chi connectivity index (χ0) is 10.5. The summed E-state index contributed by atoms with van der Waals surface area (Å²) in [6, 6.07) is 0. The lowest BCUT2D eigenvalue weighted by molar-refractivity contribution is 0.102. The second-order valence-corrected chi connectivity index (χ2v) is 5.26. The lowest BCUT2D eigenvalue weighted by Gasteiger charge is -2.18. The first-order valence-electron chi connectivity index (χ1n) is 3.72. The zero-order valence-electron chi connectivity index (χ0n) is 7.44. The van der Waals surface area contributed by atoms with E-state index in [0.717, 1.165) is 0 Å². The Kier molecular flexibility index (Phi) is 7.07. The summed E-state index contributed by atoms with van der Waals surface area (Å²) in [4.78, 5) is 9.19. The Morgan fingerprint density at radius 1 is 1.23 bits per heavy atom. The molecule has 0 aliphatic carbocycles. The molecule has 80 valence electrons. The van der Waals surface area contributed by atoms with Crippen LogP contribution in [0.1, 0.15) is 13.8 Å². The van der Waals surface area contributed by atoms with Gasteiger partial charge in [-0.05, 0) is 13.8 Å². The van der Waals surface area contributed by atoms with Gasteiger partial charge >= 0.3 is 7.82 Å². The summed E-state index contributed by atoms with van der Waals surface area (Å²) in [5.74, 6) is 0. The van der Waals surface area contributed by atoms with Crippen molar-refractivity contribution in [2.75, 3.05) is 10.7 Å². The van der Waals surface area contributed by atoms with Gasteiger partial charge in [-0.25, -0.2) is 4.57 Å². The number of hydrogen-bond acceptors (Lipinski definition) is 3. The topological polar surface area (TPSA) is 55.8 Å². The standard InChI is InChI=1S/C6H13Br2O4P/c1-5(3-7)11-13(9,10)12-6(2)4-8/h5-6H,3-4H2,1-2H3,(H,9,10). The first-order chi connectivity index (χ1) is 5.91. The van der Waals surface area contributed by atoms with Crippen molar-refractivity contribution in [2.24, 2.45) is 0 Å². The van der Waals surface area contributed by atoms with E-state index in [4.69, 9.17) is 9.05 Å². The Morgan fingerprint density at radius 2 is 1.54 bits per heavy atom. The minimum absolute atomic E-state index is 0.349. The van der Waals surface area contributed by atoms with Crippen LogP contribution in [0.15, 0.2) is 0 Å². The highest BCUT2D eigenvalue weighted by Crippen LogP contribution is 2.46. The number of hydrogen-bond donors (Lipinski definition) is 1. The molecular weight excluding hydrogens is 327 g/mol. The van der Waals surface area contributed by atoms with Gasteiger partial charge in [0.2, 0.25) is 0 Å². The van der Waals surface area contributed by atoms with Crippen molar-refractivity contribution >= 4 is 39.7 Å². The first kappa shape index (κ1) is 14.1. The van der Waals surface area contributed by atoms with E-state index in [1.165, 1.54) is 0 Å². The second kappa shape index (κ2) is 6.53. The number of phosphoric ester groups is 1. The Morgan fingerprint density at radius 3 is 1.77 bits per heavy atom. The number of phosphoric acid groups is 1. The Hall–Kier alpha value is 1.07. The van der Waals surface area contributed by atoms with Gasteiger partial charge < -0.3 is 4.89 Å². The molecular formula is C6H13Br2O4P. The average Bonchev–Trinajstić information content (AvgIpc) is 2.02. The van der Waals surface area contributed by atoms with Crippen molar-refractivity contribution in [3.63, 3.8) is 0 Å². The summed E-state index contributed by atoms with van der Waals surface area (Å²) < 4.78 is 20.8. The fourth-order valence-corrected chi connectivity index (χ4v) is 2.32.